The predicted octanol–water partition coefficient (Wildman–Crippen LogP) is 11.7. The Kier molecular flexibility index (Phi) is 11.8. The van der Waals surface area contributed by atoms with Crippen LogP contribution in [0.4, 0.5) is 0 Å². The molecule has 2 nitrogen and oxygen atoms in total. The molecule has 0 radical (unpaired) electrons. The highest BCUT2D eigenvalue weighted by molar-refractivity contribution is 7.11. The zero-order valence-corrected chi connectivity index (χ0v) is 30.7. The second kappa shape index (κ2) is 13.1. The lowest BCUT2D eigenvalue weighted by molar-refractivity contribution is 0.556. The summed E-state index contributed by atoms with van der Waals surface area (Å²) in [6.45, 7) is 40.0. The second-order valence-electron chi connectivity index (χ2n) is 17.5. The van der Waals surface area contributed by atoms with E-state index in [9.17, 15) is 0 Å². The lowest BCUT2D eigenvalue weighted by Crippen LogP contribution is -2.16. The van der Waals surface area contributed by atoms with Crippen LogP contribution >= 0.6 is 11.3 Å². The van der Waals surface area contributed by atoms with Gasteiger partial charge in [-0.2, -0.15) is 0 Å². The molecule has 0 saturated carbocycles. The molecule has 0 saturated heterocycles. The minimum absolute atomic E-state index is 0.149. The van der Waals surface area contributed by atoms with E-state index < -0.39 is 0 Å². The number of aromatic nitrogens is 2. The third-order valence-corrected chi connectivity index (χ3v) is 8.75. The first-order valence-corrected chi connectivity index (χ1v) is 16.0. The minimum Gasteiger partial charge on any atom is -0.260 e. The normalized spacial score (nSPS) is 13.1. The van der Waals surface area contributed by atoms with Gasteiger partial charge in [-0.05, 0) is 44.4 Å². The van der Waals surface area contributed by atoms with Crippen molar-refractivity contribution >= 4 is 11.3 Å². The second-order valence-corrected chi connectivity index (χ2v) is 18.6. The highest BCUT2D eigenvalue weighted by atomic mass is 32.1. The fraction of sp³-hybridized carbons (Fsp3) is 0.632. The summed E-state index contributed by atoms with van der Waals surface area (Å²) >= 11 is 1.84. The molecule has 0 unspecified atom stereocenters. The molecule has 0 N–H and O–H groups in total. The number of nitrogens with zero attached hydrogens (tertiary/aromatic N) is 2. The van der Waals surface area contributed by atoms with Gasteiger partial charge in [-0.25, -0.2) is 4.98 Å². The molecule has 0 spiro atoms. The summed E-state index contributed by atoms with van der Waals surface area (Å²) < 4.78 is 0. The number of rotatable bonds is 0. The Hall–Kier alpha value is -2.00. The van der Waals surface area contributed by atoms with E-state index >= 15 is 0 Å². The monoisotopic (exact) mass is 578 g/mol. The third-order valence-electron chi connectivity index (χ3n) is 6.90. The van der Waals surface area contributed by atoms with E-state index in [1.165, 1.54) is 26.6 Å². The molecule has 0 aliphatic carbocycles. The fourth-order valence-electron chi connectivity index (χ4n) is 3.72. The highest BCUT2D eigenvalue weighted by Gasteiger charge is 2.23. The van der Waals surface area contributed by atoms with Gasteiger partial charge in [0.15, 0.2) is 0 Å². The van der Waals surface area contributed by atoms with E-state index in [1.54, 1.807) is 0 Å². The van der Waals surface area contributed by atoms with Crippen molar-refractivity contribution < 1.29 is 0 Å². The van der Waals surface area contributed by atoms with Crippen molar-refractivity contribution in [2.45, 2.75) is 157 Å². The summed E-state index contributed by atoms with van der Waals surface area (Å²) in [5.41, 5.74) is 6.56. The summed E-state index contributed by atoms with van der Waals surface area (Å²) in [4.78, 5) is 10.4. The van der Waals surface area contributed by atoms with Gasteiger partial charge in [0.05, 0.1) is 5.01 Å². The van der Waals surface area contributed by atoms with Gasteiger partial charge in [-0.15, -0.1) is 11.3 Å². The standard InChI is InChI=1S/C14H22.C13H21N.C11H19NS/c1-13(2,3)11-7-9-12(10-8-11)14(4,5)6;1-12(2,3)10-7-8-11(14-9-10)13(4,5)6;1-10(2,3)8-7-12-9(13-8)11(4,5)6/h7-10H,1-6H3;7-9H,1-6H3;7H,1-6H3. The maximum atomic E-state index is 4.52. The largest absolute Gasteiger partial charge is 0.260 e. The van der Waals surface area contributed by atoms with Crippen molar-refractivity contribution in [2.24, 2.45) is 0 Å². The number of hydrogen-bond donors (Lipinski definition) is 0. The zero-order chi connectivity index (χ0) is 32.2. The van der Waals surface area contributed by atoms with E-state index in [-0.39, 0.29) is 32.5 Å². The Balaban J connectivity index is 0.000000308. The molecular weight excluding hydrogens is 516 g/mol. The molecule has 0 bridgehead atoms. The van der Waals surface area contributed by atoms with Crippen LogP contribution in [0.25, 0.3) is 0 Å². The fourth-order valence-corrected chi connectivity index (χ4v) is 4.75. The SMILES string of the molecule is CC(C)(C)c1ccc(C(C)(C)C)cc1.CC(C)(C)c1ccc(C(C)(C)C)nc1.CC(C)(C)c1cnc(C(C)(C)C)s1. The van der Waals surface area contributed by atoms with Crippen LogP contribution in [0.3, 0.4) is 0 Å². The van der Waals surface area contributed by atoms with Gasteiger partial charge in [0, 0.05) is 33.8 Å². The van der Waals surface area contributed by atoms with Crippen LogP contribution < -0.4 is 0 Å². The van der Waals surface area contributed by atoms with Crippen LogP contribution in [0, 0.1) is 0 Å². The lowest BCUT2D eigenvalue weighted by atomic mass is 9.82. The molecule has 2 aromatic heterocycles. The molecule has 0 atom stereocenters. The van der Waals surface area contributed by atoms with Crippen LogP contribution in [0.1, 0.15) is 157 Å². The Labute approximate surface area is 258 Å². The van der Waals surface area contributed by atoms with Crippen LogP contribution in [-0.4, -0.2) is 9.97 Å². The quantitative estimate of drug-likeness (QED) is 0.265. The average molecular weight is 579 g/mol. The summed E-state index contributed by atoms with van der Waals surface area (Å²) in [5.74, 6) is 0. The Morgan fingerprint density at radius 2 is 0.780 bits per heavy atom. The smallest absolute Gasteiger partial charge is 0.0981 e. The predicted molar refractivity (Wildman–Crippen MR) is 185 cm³/mol. The van der Waals surface area contributed by atoms with Crippen molar-refractivity contribution in [1.29, 1.82) is 0 Å². The van der Waals surface area contributed by atoms with Gasteiger partial charge in [-0.3, -0.25) is 4.98 Å². The number of hydrogen-bond acceptors (Lipinski definition) is 3. The molecule has 230 valence electrons. The van der Waals surface area contributed by atoms with E-state index in [1.807, 2.05) is 23.7 Å². The molecule has 0 aliphatic rings. The third kappa shape index (κ3) is 12.4. The van der Waals surface area contributed by atoms with Gasteiger partial charge in [0.2, 0.25) is 0 Å². The molecule has 0 amide bonds. The molecule has 0 aliphatic heterocycles. The molecule has 3 rings (SSSR count). The van der Waals surface area contributed by atoms with Crippen molar-refractivity contribution in [3.05, 3.63) is 81.1 Å². The van der Waals surface area contributed by atoms with Crippen molar-refractivity contribution in [1.82, 2.24) is 9.97 Å². The molecular formula is C38H62N2S. The number of benzene rings is 1. The van der Waals surface area contributed by atoms with Crippen LogP contribution in [0.5, 0.6) is 0 Å². The topological polar surface area (TPSA) is 25.8 Å². The van der Waals surface area contributed by atoms with Gasteiger partial charge in [0.1, 0.15) is 0 Å². The van der Waals surface area contributed by atoms with Crippen LogP contribution in [0.15, 0.2) is 48.8 Å². The molecule has 0 fully saturated rings. The number of pyridine rings is 1. The summed E-state index contributed by atoms with van der Waals surface area (Å²) in [6, 6.07) is 13.3. The maximum absolute atomic E-state index is 4.52. The first kappa shape index (κ1) is 37.0. The summed E-state index contributed by atoms with van der Waals surface area (Å²) in [5, 5.41) is 1.23. The molecule has 2 heterocycles. The minimum atomic E-state index is 0.149. The Bertz CT molecular complexity index is 1020. The van der Waals surface area contributed by atoms with Crippen molar-refractivity contribution in [2.75, 3.05) is 0 Å². The van der Waals surface area contributed by atoms with Crippen LogP contribution in [0.2, 0.25) is 0 Å². The molecule has 3 heteroatoms. The van der Waals surface area contributed by atoms with Crippen molar-refractivity contribution in [3.8, 4) is 0 Å². The molecule has 1 aromatic carbocycles. The van der Waals surface area contributed by atoms with Gasteiger partial charge in [0.25, 0.3) is 0 Å². The first-order valence-electron chi connectivity index (χ1n) is 15.2. The van der Waals surface area contributed by atoms with E-state index in [2.05, 4.69) is 171 Å². The van der Waals surface area contributed by atoms with Gasteiger partial charge in [-0.1, -0.05) is 155 Å². The van der Waals surface area contributed by atoms with E-state index in [0.717, 1.165) is 5.69 Å². The lowest BCUT2D eigenvalue weighted by Gasteiger charge is -2.23. The van der Waals surface area contributed by atoms with Gasteiger partial charge < -0.3 is 0 Å². The summed E-state index contributed by atoms with van der Waals surface area (Å²) in [7, 11) is 0. The molecule has 41 heavy (non-hydrogen) atoms. The molecule has 3 aromatic rings. The first-order chi connectivity index (χ1) is 18.1. The van der Waals surface area contributed by atoms with Crippen LogP contribution in [-0.2, 0) is 32.5 Å². The van der Waals surface area contributed by atoms with Gasteiger partial charge >= 0.3 is 0 Å². The number of thiazole rings is 1. The van der Waals surface area contributed by atoms with E-state index in [0.29, 0.717) is 0 Å². The zero-order valence-electron chi connectivity index (χ0n) is 29.9. The van der Waals surface area contributed by atoms with E-state index in [4.69, 9.17) is 0 Å². The maximum Gasteiger partial charge on any atom is 0.0981 e. The highest BCUT2D eigenvalue weighted by Crippen LogP contribution is 2.33. The average Bonchev–Trinajstić information content (AvgIpc) is 3.30. The van der Waals surface area contributed by atoms with Crippen molar-refractivity contribution in [3.63, 3.8) is 0 Å². The summed E-state index contributed by atoms with van der Waals surface area (Å²) in [6.07, 6.45) is 4.02. The Morgan fingerprint density at radius 3 is 1.00 bits per heavy atom. The Morgan fingerprint density at radius 1 is 0.390 bits per heavy atom.